The molecule has 0 unspecified atom stereocenters. The molecule has 2 aromatic carbocycles. The molecule has 0 atom stereocenters. The van der Waals surface area contributed by atoms with Gasteiger partial charge in [0, 0.05) is 30.5 Å². The van der Waals surface area contributed by atoms with Gasteiger partial charge in [0.05, 0.1) is 12.2 Å². The number of benzene rings is 2. The molecule has 33 heavy (non-hydrogen) atoms. The number of thioether (sulfide) groups is 1. The van der Waals surface area contributed by atoms with Crippen LogP contribution in [-0.4, -0.2) is 29.1 Å². The Kier molecular flexibility index (Phi) is 8.49. The van der Waals surface area contributed by atoms with Crippen molar-refractivity contribution in [2.75, 3.05) is 23.8 Å². The number of carbonyl (C=O) groups excluding carboxylic acids is 1. The van der Waals surface area contributed by atoms with Crippen molar-refractivity contribution in [3.8, 4) is 29.0 Å². The average molecular weight is 457 g/mol. The summed E-state index contributed by atoms with van der Waals surface area (Å²) in [5, 5.41) is 25.8. The maximum atomic E-state index is 11.4. The van der Waals surface area contributed by atoms with Gasteiger partial charge in [-0.3, -0.25) is 4.79 Å². The Labute approximate surface area is 198 Å². The monoisotopic (exact) mass is 456 g/mol. The molecule has 0 aliphatic rings. The number of aromatic nitrogens is 1. The summed E-state index contributed by atoms with van der Waals surface area (Å²) in [4.78, 5) is 16.1. The second-order valence-corrected chi connectivity index (χ2v) is 8.02. The van der Waals surface area contributed by atoms with Gasteiger partial charge in [-0.15, -0.1) is 17.7 Å². The fourth-order valence-electron chi connectivity index (χ4n) is 3.26. The van der Waals surface area contributed by atoms with E-state index in [-0.39, 0.29) is 19.1 Å². The van der Waals surface area contributed by atoms with E-state index in [9.17, 15) is 15.2 Å². The van der Waals surface area contributed by atoms with E-state index in [1.807, 2.05) is 30.3 Å². The summed E-state index contributed by atoms with van der Waals surface area (Å²) >= 11 is 1.54. The Morgan fingerprint density at radius 1 is 1.12 bits per heavy atom. The van der Waals surface area contributed by atoms with Crippen LogP contribution in [-0.2, 0) is 10.5 Å². The molecule has 0 radical (unpaired) electrons. The number of rotatable bonds is 8. The first-order valence-electron chi connectivity index (χ1n) is 10.4. The third-order valence-corrected chi connectivity index (χ3v) is 5.69. The van der Waals surface area contributed by atoms with Crippen molar-refractivity contribution in [3.63, 3.8) is 0 Å². The zero-order chi connectivity index (χ0) is 23.6. The summed E-state index contributed by atoms with van der Waals surface area (Å²) in [5.74, 6) is 7.05. The lowest BCUT2D eigenvalue weighted by molar-refractivity contribution is -0.114. The Bertz CT molecular complexity index is 1220. The number of nitrogens with one attached hydrogen (secondary N) is 2. The van der Waals surface area contributed by atoms with E-state index in [0.29, 0.717) is 39.0 Å². The van der Waals surface area contributed by atoms with E-state index >= 15 is 0 Å². The first kappa shape index (κ1) is 23.9. The van der Waals surface area contributed by atoms with E-state index < -0.39 is 0 Å². The van der Waals surface area contributed by atoms with Gasteiger partial charge in [0.25, 0.3) is 0 Å². The average Bonchev–Trinajstić information content (AvgIpc) is 2.82. The zero-order valence-corrected chi connectivity index (χ0v) is 19.3. The van der Waals surface area contributed by atoms with Gasteiger partial charge in [0.2, 0.25) is 5.91 Å². The number of aliphatic hydroxyl groups is 1. The summed E-state index contributed by atoms with van der Waals surface area (Å²) in [7, 11) is 0. The fraction of sp³-hybridized carbons (Fsp3) is 0.192. The van der Waals surface area contributed by atoms with Crippen LogP contribution in [0.4, 0.5) is 11.5 Å². The van der Waals surface area contributed by atoms with E-state index in [4.69, 9.17) is 4.98 Å². The Balaban J connectivity index is 2.15. The molecule has 0 bridgehead atoms. The minimum absolute atomic E-state index is 0.0870. The quantitative estimate of drug-likeness (QED) is 0.337. The molecular formula is C26H24N4O2S. The molecule has 0 aliphatic carbocycles. The highest BCUT2D eigenvalue weighted by molar-refractivity contribution is 7.98. The van der Waals surface area contributed by atoms with Crippen molar-refractivity contribution in [2.45, 2.75) is 24.6 Å². The molecule has 0 fully saturated rings. The van der Waals surface area contributed by atoms with Crippen LogP contribution >= 0.6 is 11.8 Å². The van der Waals surface area contributed by atoms with Crippen molar-refractivity contribution < 1.29 is 9.90 Å². The molecule has 1 heterocycles. The van der Waals surface area contributed by atoms with E-state index in [0.717, 1.165) is 11.1 Å². The predicted octanol–water partition coefficient (Wildman–Crippen LogP) is 4.65. The molecule has 166 valence electrons. The lowest BCUT2D eigenvalue weighted by Crippen LogP contribution is -2.11. The van der Waals surface area contributed by atoms with E-state index in [2.05, 4.69) is 40.7 Å². The van der Waals surface area contributed by atoms with Gasteiger partial charge < -0.3 is 15.7 Å². The number of hydrogen-bond acceptors (Lipinski definition) is 6. The smallest absolute Gasteiger partial charge is 0.221 e. The van der Waals surface area contributed by atoms with Gasteiger partial charge in [0.15, 0.2) is 0 Å². The molecule has 3 N–H and O–H groups in total. The third kappa shape index (κ3) is 6.14. The van der Waals surface area contributed by atoms with Gasteiger partial charge in [-0.1, -0.05) is 48.4 Å². The fourth-order valence-corrected chi connectivity index (χ4v) is 4.21. The summed E-state index contributed by atoms with van der Waals surface area (Å²) in [5.41, 5.74) is 4.31. The van der Waals surface area contributed by atoms with Crippen LogP contribution in [0, 0.1) is 23.2 Å². The number of nitriles is 1. The maximum absolute atomic E-state index is 11.4. The first-order valence-corrected chi connectivity index (χ1v) is 11.4. The molecule has 0 saturated carbocycles. The molecule has 0 saturated heterocycles. The Hall–Kier alpha value is -3.78. The summed E-state index contributed by atoms with van der Waals surface area (Å²) in [6.07, 6.45) is 0. The lowest BCUT2D eigenvalue weighted by atomic mass is 9.96. The molecule has 0 spiro atoms. The molecule has 0 aliphatic heterocycles. The van der Waals surface area contributed by atoms with Crippen LogP contribution < -0.4 is 10.6 Å². The molecular weight excluding hydrogens is 432 g/mol. The summed E-state index contributed by atoms with van der Waals surface area (Å²) in [6.45, 7) is 3.38. The Morgan fingerprint density at radius 2 is 1.85 bits per heavy atom. The van der Waals surface area contributed by atoms with E-state index in [1.165, 1.54) is 6.92 Å². The predicted molar refractivity (Wildman–Crippen MR) is 133 cm³/mol. The highest BCUT2D eigenvalue weighted by atomic mass is 32.2. The summed E-state index contributed by atoms with van der Waals surface area (Å²) in [6, 6.07) is 19.6. The van der Waals surface area contributed by atoms with Gasteiger partial charge in [-0.25, -0.2) is 4.98 Å². The molecule has 3 rings (SSSR count). The highest BCUT2D eigenvalue weighted by Crippen LogP contribution is 2.37. The number of pyridine rings is 1. The minimum atomic E-state index is -0.156. The number of amides is 1. The SMILES string of the molecule is CC#Cc1c(SCc2ccccc2)nc(NCCO)c(C#N)c1-c1ccc(NC(C)=O)cc1. The molecule has 3 aromatic rings. The van der Waals surface area contributed by atoms with Crippen molar-refractivity contribution in [1.29, 1.82) is 5.26 Å². The molecule has 6 nitrogen and oxygen atoms in total. The zero-order valence-electron chi connectivity index (χ0n) is 18.5. The van der Waals surface area contributed by atoms with Crippen molar-refractivity contribution in [1.82, 2.24) is 4.98 Å². The van der Waals surface area contributed by atoms with Crippen LogP contribution in [0.15, 0.2) is 59.6 Å². The van der Waals surface area contributed by atoms with Crippen molar-refractivity contribution >= 4 is 29.2 Å². The number of hydrogen-bond donors (Lipinski definition) is 3. The third-order valence-electron chi connectivity index (χ3n) is 4.64. The first-order chi connectivity index (χ1) is 16.1. The van der Waals surface area contributed by atoms with E-state index in [1.54, 1.807) is 30.8 Å². The van der Waals surface area contributed by atoms with Crippen LogP contribution in [0.5, 0.6) is 0 Å². The van der Waals surface area contributed by atoms with Crippen LogP contribution in [0.25, 0.3) is 11.1 Å². The number of nitrogens with zero attached hydrogens (tertiary/aromatic N) is 2. The standard InChI is InChI=1S/C26H24N4O2S/c1-3-7-22-24(20-10-12-21(13-11-20)29-18(2)32)23(16-27)25(28-14-15-31)30-26(22)33-17-19-8-5-4-6-9-19/h4-6,8-13,31H,14-15,17H2,1-2H3,(H,28,30)(H,29,32). The van der Waals surface area contributed by atoms with Crippen LogP contribution in [0.3, 0.4) is 0 Å². The second-order valence-electron chi connectivity index (χ2n) is 7.06. The maximum Gasteiger partial charge on any atom is 0.221 e. The molecule has 1 amide bonds. The van der Waals surface area contributed by atoms with Gasteiger partial charge >= 0.3 is 0 Å². The van der Waals surface area contributed by atoms with Crippen molar-refractivity contribution in [3.05, 3.63) is 71.3 Å². The number of aliphatic hydroxyl groups excluding tert-OH is 1. The van der Waals surface area contributed by atoms with Gasteiger partial charge in [0.1, 0.15) is 22.5 Å². The summed E-state index contributed by atoms with van der Waals surface area (Å²) < 4.78 is 0. The van der Waals surface area contributed by atoms with Crippen LogP contribution in [0.1, 0.15) is 30.5 Å². The highest BCUT2D eigenvalue weighted by Gasteiger charge is 2.21. The topological polar surface area (TPSA) is 98.0 Å². The largest absolute Gasteiger partial charge is 0.395 e. The molecule has 7 heteroatoms. The molecule has 1 aromatic heterocycles. The minimum Gasteiger partial charge on any atom is -0.395 e. The second kappa shape index (κ2) is 11.7. The van der Waals surface area contributed by atoms with Gasteiger partial charge in [-0.05, 0) is 30.2 Å². The lowest BCUT2D eigenvalue weighted by Gasteiger charge is -2.17. The van der Waals surface area contributed by atoms with Gasteiger partial charge in [-0.2, -0.15) is 5.26 Å². The number of carbonyl (C=O) groups is 1. The van der Waals surface area contributed by atoms with Crippen molar-refractivity contribution in [2.24, 2.45) is 0 Å². The Morgan fingerprint density at radius 3 is 2.45 bits per heavy atom. The number of anilines is 2. The van der Waals surface area contributed by atoms with Crippen LogP contribution in [0.2, 0.25) is 0 Å². The normalized spacial score (nSPS) is 10.0.